The molecule has 3 rings (SSSR count). The summed E-state index contributed by atoms with van der Waals surface area (Å²) < 4.78 is 0. The Hall–Kier alpha value is -1.14. The average Bonchev–Trinajstić information content (AvgIpc) is 3.05. The third-order valence-electron chi connectivity index (χ3n) is 5.27. The Morgan fingerprint density at radius 1 is 1.27 bits per heavy atom. The highest BCUT2D eigenvalue weighted by Gasteiger charge is 2.49. The highest BCUT2D eigenvalue weighted by molar-refractivity contribution is 6.01. The number of imide groups is 1. The standard InChI is InChI=1S/C15H23N3O3.ClH/c19-12-4-5-13(20)18(12)8-7-17-14(21)15-6-2-1-3-11(15)9-16-10-15;/h11,16H,1-10H2,(H,17,21);1H/t11-,15+;/m0./s1. The molecular weight excluding hydrogens is 306 g/mol. The normalized spacial score (nSPS) is 30.9. The lowest BCUT2D eigenvalue weighted by Gasteiger charge is -2.37. The molecule has 7 heteroatoms. The number of hydrogen-bond acceptors (Lipinski definition) is 4. The van der Waals surface area contributed by atoms with E-state index in [4.69, 9.17) is 0 Å². The van der Waals surface area contributed by atoms with Gasteiger partial charge in [0.15, 0.2) is 0 Å². The van der Waals surface area contributed by atoms with Crippen LogP contribution in [0, 0.1) is 11.3 Å². The summed E-state index contributed by atoms with van der Waals surface area (Å²) in [5.74, 6) is 0.286. The largest absolute Gasteiger partial charge is 0.354 e. The Labute approximate surface area is 136 Å². The SMILES string of the molecule is Cl.O=C1CCC(=O)N1CCNC(=O)[C@@]12CCCC[C@H]1CNC2. The molecule has 2 saturated heterocycles. The fourth-order valence-electron chi connectivity index (χ4n) is 4.02. The van der Waals surface area contributed by atoms with E-state index in [0.717, 1.165) is 32.4 Å². The van der Waals surface area contributed by atoms with Gasteiger partial charge in [-0.2, -0.15) is 0 Å². The topological polar surface area (TPSA) is 78.5 Å². The molecule has 2 heterocycles. The van der Waals surface area contributed by atoms with Gasteiger partial charge < -0.3 is 10.6 Å². The van der Waals surface area contributed by atoms with Gasteiger partial charge in [0, 0.05) is 32.5 Å². The van der Waals surface area contributed by atoms with Crippen molar-refractivity contribution >= 4 is 30.1 Å². The maximum absolute atomic E-state index is 12.6. The Balaban J connectivity index is 0.00000176. The van der Waals surface area contributed by atoms with Crippen LogP contribution in [0.1, 0.15) is 38.5 Å². The minimum Gasteiger partial charge on any atom is -0.354 e. The molecule has 0 unspecified atom stereocenters. The van der Waals surface area contributed by atoms with E-state index in [1.807, 2.05) is 0 Å². The number of nitrogens with one attached hydrogen (secondary N) is 2. The molecule has 6 nitrogen and oxygen atoms in total. The molecule has 3 amide bonds. The summed E-state index contributed by atoms with van der Waals surface area (Å²) in [5, 5.41) is 6.31. The first-order chi connectivity index (χ1) is 10.1. The van der Waals surface area contributed by atoms with Gasteiger partial charge in [-0.15, -0.1) is 12.4 Å². The fourth-order valence-corrected chi connectivity index (χ4v) is 4.02. The number of amides is 3. The van der Waals surface area contributed by atoms with Crippen LogP contribution in [0.4, 0.5) is 0 Å². The number of nitrogens with zero attached hydrogens (tertiary/aromatic N) is 1. The van der Waals surface area contributed by atoms with Crippen molar-refractivity contribution in [2.75, 3.05) is 26.2 Å². The third-order valence-corrected chi connectivity index (χ3v) is 5.27. The van der Waals surface area contributed by atoms with E-state index >= 15 is 0 Å². The van der Waals surface area contributed by atoms with Gasteiger partial charge in [-0.05, 0) is 25.3 Å². The predicted octanol–water partition coefficient (Wildman–Crippen LogP) is 0.453. The van der Waals surface area contributed by atoms with E-state index < -0.39 is 0 Å². The van der Waals surface area contributed by atoms with Crippen molar-refractivity contribution in [3.63, 3.8) is 0 Å². The van der Waals surface area contributed by atoms with Gasteiger partial charge in [-0.1, -0.05) is 12.8 Å². The van der Waals surface area contributed by atoms with E-state index in [1.165, 1.54) is 11.3 Å². The Morgan fingerprint density at radius 3 is 2.73 bits per heavy atom. The Bertz CT molecular complexity index is 455. The first-order valence-electron chi connectivity index (χ1n) is 7.96. The number of fused-ring (bicyclic) bond motifs is 1. The van der Waals surface area contributed by atoms with Gasteiger partial charge in [0.25, 0.3) is 0 Å². The van der Waals surface area contributed by atoms with Crippen molar-refractivity contribution < 1.29 is 14.4 Å². The zero-order valence-electron chi connectivity index (χ0n) is 12.7. The first kappa shape index (κ1) is 17.2. The Kier molecular flexibility index (Phi) is 5.45. The molecule has 1 aliphatic carbocycles. The van der Waals surface area contributed by atoms with Crippen molar-refractivity contribution in [2.24, 2.45) is 11.3 Å². The second-order valence-electron chi connectivity index (χ2n) is 6.42. The molecule has 3 aliphatic rings. The highest BCUT2D eigenvalue weighted by Crippen LogP contribution is 2.43. The quantitative estimate of drug-likeness (QED) is 0.734. The molecule has 0 aromatic heterocycles. The summed E-state index contributed by atoms with van der Waals surface area (Å²) in [5.41, 5.74) is -0.267. The predicted molar refractivity (Wildman–Crippen MR) is 83.5 cm³/mol. The van der Waals surface area contributed by atoms with Crippen molar-refractivity contribution in [3.8, 4) is 0 Å². The minimum absolute atomic E-state index is 0. The maximum atomic E-state index is 12.6. The molecule has 1 saturated carbocycles. The molecule has 0 aromatic carbocycles. The van der Waals surface area contributed by atoms with Crippen LogP contribution in [-0.2, 0) is 14.4 Å². The van der Waals surface area contributed by atoms with Gasteiger partial charge in [-0.3, -0.25) is 19.3 Å². The van der Waals surface area contributed by atoms with Gasteiger partial charge in [-0.25, -0.2) is 0 Å². The van der Waals surface area contributed by atoms with Gasteiger partial charge >= 0.3 is 0 Å². The summed E-state index contributed by atoms with van der Waals surface area (Å²) in [6.45, 7) is 2.35. The highest BCUT2D eigenvalue weighted by atomic mass is 35.5. The van der Waals surface area contributed by atoms with Crippen LogP contribution in [-0.4, -0.2) is 48.8 Å². The van der Waals surface area contributed by atoms with Crippen molar-refractivity contribution in [1.29, 1.82) is 0 Å². The van der Waals surface area contributed by atoms with E-state index in [9.17, 15) is 14.4 Å². The maximum Gasteiger partial charge on any atom is 0.229 e. The van der Waals surface area contributed by atoms with E-state index in [0.29, 0.717) is 31.8 Å². The van der Waals surface area contributed by atoms with Crippen LogP contribution in [0.5, 0.6) is 0 Å². The molecule has 0 radical (unpaired) electrons. The molecule has 0 spiro atoms. The van der Waals surface area contributed by atoms with E-state index in [-0.39, 0.29) is 35.5 Å². The van der Waals surface area contributed by atoms with Crippen LogP contribution in [0.15, 0.2) is 0 Å². The number of rotatable bonds is 4. The molecule has 124 valence electrons. The molecule has 0 bridgehead atoms. The zero-order valence-corrected chi connectivity index (χ0v) is 13.5. The molecule has 0 aromatic rings. The third kappa shape index (κ3) is 2.99. The second kappa shape index (κ2) is 6.96. The first-order valence-corrected chi connectivity index (χ1v) is 7.96. The van der Waals surface area contributed by atoms with Crippen molar-refractivity contribution in [3.05, 3.63) is 0 Å². The average molecular weight is 330 g/mol. The number of likely N-dealkylation sites (tertiary alicyclic amines) is 1. The Morgan fingerprint density at radius 2 is 2.00 bits per heavy atom. The van der Waals surface area contributed by atoms with E-state index in [1.54, 1.807) is 0 Å². The summed E-state index contributed by atoms with van der Waals surface area (Å²) in [6, 6.07) is 0. The number of hydrogen-bond donors (Lipinski definition) is 2. The lowest BCUT2D eigenvalue weighted by molar-refractivity contribution is -0.139. The second-order valence-corrected chi connectivity index (χ2v) is 6.42. The van der Waals surface area contributed by atoms with Gasteiger partial charge in [0.05, 0.1) is 5.41 Å². The van der Waals surface area contributed by atoms with Gasteiger partial charge in [0.2, 0.25) is 17.7 Å². The summed E-state index contributed by atoms with van der Waals surface area (Å²) in [7, 11) is 0. The summed E-state index contributed by atoms with van der Waals surface area (Å²) in [6.07, 6.45) is 4.99. The molecule has 3 fully saturated rings. The molecule has 2 aliphatic heterocycles. The fraction of sp³-hybridized carbons (Fsp3) is 0.800. The molecular formula is C15H24ClN3O3. The van der Waals surface area contributed by atoms with Crippen molar-refractivity contribution in [2.45, 2.75) is 38.5 Å². The summed E-state index contributed by atoms with van der Waals surface area (Å²) >= 11 is 0. The number of halogens is 1. The minimum atomic E-state index is -0.267. The van der Waals surface area contributed by atoms with E-state index in [2.05, 4.69) is 10.6 Å². The molecule has 2 N–H and O–H groups in total. The molecule has 22 heavy (non-hydrogen) atoms. The van der Waals surface area contributed by atoms with Gasteiger partial charge in [0.1, 0.15) is 0 Å². The molecule has 2 atom stereocenters. The zero-order chi connectivity index (χ0) is 14.9. The van der Waals surface area contributed by atoms with Crippen LogP contribution in [0.3, 0.4) is 0 Å². The monoisotopic (exact) mass is 329 g/mol. The lowest BCUT2D eigenvalue weighted by Crippen LogP contribution is -2.49. The van der Waals surface area contributed by atoms with Crippen LogP contribution < -0.4 is 10.6 Å². The van der Waals surface area contributed by atoms with Crippen molar-refractivity contribution in [1.82, 2.24) is 15.5 Å². The lowest BCUT2D eigenvalue weighted by atomic mass is 9.67. The van der Waals surface area contributed by atoms with Crippen LogP contribution >= 0.6 is 12.4 Å². The van der Waals surface area contributed by atoms with Crippen LogP contribution in [0.2, 0.25) is 0 Å². The summed E-state index contributed by atoms with van der Waals surface area (Å²) in [4.78, 5) is 36.9. The number of carbonyl (C=O) groups is 3. The number of carbonyl (C=O) groups excluding carboxylic acids is 3. The smallest absolute Gasteiger partial charge is 0.229 e. The van der Waals surface area contributed by atoms with Crippen LogP contribution in [0.25, 0.3) is 0 Å².